The fraction of sp³-hybridized carbons (Fsp3) is 0.875. The van der Waals surface area contributed by atoms with E-state index in [1.54, 1.807) is 0 Å². The first-order chi connectivity index (χ1) is 9.93. The molecule has 0 aromatic heterocycles. The van der Waals surface area contributed by atoms with Crippen LogP contribution in [0.5, 0.6) is 0 Å². The molecule has 5 nitrogen and oxygen atoms in total. The van der Waals surface area contributed by atoms with Crippen molar-refractivity contribution in [2.75, 3.05) is 19.6 Å². The van der Waals surface area contributed by atoms with Gasteiger partial charge in [0.25, 0.3) is 0 Å². The van der Waals surface area contributed by atoms with Gasteiger partial charge in [-0.25, -0.2) is 0 Å². The largest absolute Gasteiger partial charge is 0.481 e. The van der Waals surface area contributed by atoms with Crippen molar-refractivity contribution < 1.29 is 14.7 Å². The smallest absolute Gasteiger partial charge is 0.303 e. The minimum Gasteiger partial charge on any atom is -0.481 e. The fourth-order valence-electron chi connectivity index (χ4n) is 3.72. The highest BCUT2D eigenvalue weighted by Gasteiger charge is 2.57. The van der Waals surface area contributed by atoms with Crippen LogP contribution in [0.3, 0.4) is 0 Å². The van der Waals surface area contributed by atoms with Crippen molar-refractivity contribution in [3.63, 3.8) is 0 Å². The van der Waals surface area contributed by atoms with Crippen LogP contribution < -0.4 is 10.6 Å². The molecule has 1 amide bonds. The number of aliphatic carboxylic acids is 1. The maximum Gasteiger partial charge on any atom is 0.303 e. The Morgan fingerprint density at radius 1 is 1.33 bits per heavy atom. The molecule has 120 valence electrons. The summed E-state index contributed by atoms with van der Waals surface area (Å²) in [6, 6.07) is 0. The number of carboxylic acids is 1. The summed E-state index contributed by atoms with van der Waals surface area (Å²) >= 11 is 0. The van der Waals surface area contributed by atoms with Gasteiger partial charge in [-0.15, -0.1) is 0 Å². The molecule has 1 aliphatic heterocycles. The predicted molar refractivity (Wildman–Crippen MR) is 80.9 cm³/mol. The second kappa shape index (κ2) is 6.77. The number of rotatable bonds is 7. The van der Waals surface area contributed by atoms with Gasteiger partial charge in [-0.2, -0.15) is 0 Å². The van der Waals surface area contributed by atoms with E-state index in [1.807, 2.05) is 0 Å². The highest BCUT2D eigenvalue weighted by atomic mass is 16.4. The number of nitrogens with one attached hydrogen (secondary N) is 2. The first-order valence-electron chi connectivity index (χ1n) is 8.13. The first-order valence-corrected chi connectivity index (χ1v) is 8.13. The molecule has 1 saturated carbocycles. The van der Waals surface area contributed by atoms with Crippen molar-refractivity contribution >= 4 is 11.9 Å². The highest BCUT2D eigenvalue weighted by molar-refractivity contribution is 5.82. The Morgan fingerprint density at radius 2 is 2.00 bits per heavy atom. The third-order valence-electron chi connectivity index (χ3n) is 4.94. The molecule has 1 spiro atoms. The van der Waals surface area contributed by atoms with Gasteiger partial charge in [-0.1, -0.05) is 13.8 Å². The van der Waals surface area contributed by atoms with Gasteiger partial charge in [-0.3, -0.25) is 9.59 Å². The number of carbonyl (C=O) groups excluding carboxylic acids is 1. The standard InChI is InChI=1S/C16H28N2O3/c1-11(2)7-12(8-14(19)20)10-18-15(21)13-9-16(13)3-5-17-6-4-16/h11-13,17H,3-10H2,1-2H3,(H,18,21)(H,19,20). The van der Waals surface area contributed by atoms with E-state index >= 15 is 0 Å². The maximum absolute atomic E-state index is 12.3. The zero-order chi connectivity index (χ0) is 15.5. The number of carboxylic acid groups (broad SMARTS) is 1. The number of piperidine rings is 1. The number of hydrogen-bond donors (Lipinski definition) is 3. The molecule has 0 aromatic carbocycles. The monoisotopic (exact) mass is 296 g/mol. The third kappa shape index (κ3) is 4.43. The maximum atomic E-state index is 12.3. The van der Waals surface area contributed by atoms with Crippen LogP contribution in [0.4, 0.5) is 0 Å². The first kappa shape index (κ1) is 16.3. The van der Waals surface area contributed by atoms with E-state index in [1.165, 1.54) is 0 Å². The van der Waals surface area contributed by atoms with E-state index in [0.29, 0.717) is 12.5 Å². The average molecular weight is 296 g/mol. The van der Waals surface area contributed by atoms with Crippen LogP contribution >= 0.6 is 0 Å². The highest BCUT2D eigenvalue weighted by Crippen LogP contribution is 2.58. The summed E-state index contributed by atoms with van der Waals surface area (Å²) in [6.45, 7) is 6.69. The van der Waals surface area contributed by atoms with Crippen molar-refractivity contribution in [1.82, 2.24) is 10.6 Å². The lowest BCUT2D eigenvalue weighted by Crippen LogP contribution is -2.36. The molecule has 1 aliphatic carbocycles. The summed E-state index contributed by atoms with van der Waals surface area (Å²) in [4.78, 5) is 23.2. The fourth-order valence-corrected chi connectivity index (χ4v) is 3.72. The Bertz CT molecular complexity index is 389. The number of hydrogen-bond acceptors (Lipinski definition) is 3. The molecule has 0 radical (unpaired) electrons. The Kier molecular flexibility index (Phi) is 5.25. The molecule has 2 atom stereocenters. The molecule has 1 heterocycles. The van der Waals surface area contributed by atoms with Crippen molar-refractivity contribution in [3.8, 4) is 0 Å². The predicted octanol–water partition coefficient (Wildman–Crippen LogP) is 1.63. The second-order valence-corrected chi connectivity index (χ2v) is 7.21. The van der Waals surface area contributed by atoms with E-state index in [9.17, 15) is 9.59 Å². The van der Waals surface area contributed by atoms with Gasteiger partial charge < -0.3 is 15.7 Å². The van der Waals surface area contributed by atoms with Crippen molar-refractivity contribution in [3.05, 3.63) is 0 Å². The summed E-state index contributed by atoms with van der Waals surface area (Å²) < 4.78 is 0. The molecule has 5 heteroatoms. The zero-order valence-corrected chi connectivity index (χ0v) is 13.2. The minimum atomic E-state index is -0.781. The van der Waals surface area contributed by atoms with Crippen molar-refractivity contribution in [2.24, 2.45) is 23.2 Å². The molecule has 1 saturated heterocycles. The summed E-state index contributed by atoms with van der Waals surface area (Å²) in [5.41, 5.74) is 0.246. The van der Waals surface area contributed by atoms with Gasteiger partial charge in [0.05, 0.1) is 0 Å². The van der Waals surface area contributed by atoms with E-state index in [-0.39, 0.29) is 29.6 Å². The van der Waals surface area contributed by atoms with Gasteiger partial charge in [0.2, 0.25) is 5.91 Å². The third-order valence-corrected chi connectivity index (χ3v) is 4.94. The van der Waals surface area contributed by atoms with Crippen LogP contribution in [0.2, 0.25) is 0 Å². The molecular weight excluding hydrogens is 268 g/mol. The quantitative estimate of drug-likeness (QED) is 0.667. The van der Waals surface area contributed by atoms with E-state index in [2.05, 4.69) is 24.5 Å². The molecule has 2 rings (SSSR count). The summed E-state index contributed by atoms with van der Waals surface area (Å²) in [5, 5.41) is 15.3. The lowest BCUT2D eigenvalue weighted by Gasteiger charge is -2.23. The van der Waals surface area contributed by atoms with Crippen molar-refractivity contribution in [1.29, 1.82) is 0 Å². The van der Waals surface area contributed by atoms with Crippen molar-refractivity contribution in [2.45, 2.75) is 46.0 Å². The molecule has 2 unspecified atom stereocenters. The Labute approximate surface area is 126 Å². The summed E-state index contributed by atoms with van der Waals surface area (Å²) in [6.07, 6.45) is 4.17. The summed E-state index contributed by atoms with van der Waals surface area (Å²) in [5.74, 6) is -0.00608. The molecular formula is C16H28N2O3. The van der Waals surface area contributed by atoms with Gasteiger partial charge in [0.1, 0.15) is 0 Å². The zero-order valence-electron chi connectivity index (χ0n) is 13.2. The molecule has 21 heavy (non-hydrogen) atoms. The van der Waals surface area contributed by atoms with E-state index in [4.69, 9.17) is 5.11 Å². The van der Waals surface area contributed by atoms with Crippen LogP contribution in [-0.4, -0.2) is 36.6 Å². The molecule has 3 N–H and O–H groups in total. The van der Waals surface area contributed by atoms with E-state index in [0.717, 1.165) is 38.8 Å². The lowest BCUT2D eigenvalue weighted by atomic mass is 9.91. The molecule has 2 fully saturated rings. The van der Waals surface area contributed by atoms with Crippen LogP contribution in [0, 0.1) is 23.2 Å². The van der Waals surface area contributed by atoms with E-state index < -0.39 is 5.97 Å². The Hall–Kier alpha value is -1.10. The summed E-state index contributed by atoms with van der Waals surface area (Å²) in [7, 11) is 0. The molecule has 0 aromatic rings. The minimum absolute atomic E-state index is 0.0363. The lowest BCUT2D eigenvalue weighted by molar-refractivity contribution is -0.138. The number of amides is 1. The van der Waals surface area contributed by atoms with Crippen LogP contribution in [-0.2, 0) is 9.59 Å². The molecule has 0 bridgehead atoms. The molecule has 2 aliphatic rings. The van der Waals surface area contributed by atoms with Gasteiger partial charge in [0, 0.05) is 18.9 Å². The van der Waals surface area contributed by atoms with Gasteiger partial charge >= 0.3 is 5.97 Å². The van der Waals surface area contributed by atoms with Gasteiger partial charge in [0.15, 0.2) is 0 Å². The average Bonchev–Trinajstić information content (AvgIpc) is 3.09. The van der Waals surface area contributed by atoms with Crippen LogP contribution in [0.15, 0.2) is 0 Å². The van der Waals surface area contributed by atoms with Crippen LogP contribution in [0.1, 0.15) is 46.0 Å². The normalized spacial score (nSPS) is 24.8. The number of carbonyl (C=O) groups is 2. The topological polar surface area (TPSA) is 78.4 Å². The Balaban J connectivity index is 1.78. The van der Waals surface area contributed by atoms with Gasteiger partial charge in [-0.05, 0) is 56.0 Å². The van der Waals surface area contributed by atoms with Crippen LogP contribution in [0.25, 0.3) is 0 Å². The Morgan fingerprint density at radius 3 is 2.57 bits per heavy atom. The second-order valence-electron chi connectivity index (χ2n) is 7.21. The SMILES string of the molecule is CC(C)CC(CNC(=O)C1CC12CCNCC2)CC(=O)O.